The van der Waals surface area contributed by atoms with E-state index in [9.17, 15) is 0 Å². The van der Waals surface area contributed by atoms with Gasteiger partial charge < -0.3 is 0 Å². The van der Waals surface area contributed by atoms with E-state index in [0.717, 1.165) is 0 Å². The van der Waals surface area contributed by atoms with Crippen molar-refractivity contribution in [3.8, 4) is 44.5 Å². The zero-order valence-electron chi connectivity index (χ0n) is 32.6. The lowest BCUT2D eigenvalue weighted by Gasteiger charge is -2.19. The summed E-state index contributed by atoms with van der Waals surface area (Å²) in [5, 5.41) is 23.8. The van der Waals surface area contributed by atoms with Gasteiger partial charge in [-0.2, -0.15) is 0 Å². The summed E-state index contributed by atoms with van der Waals surface area (Å²) in [5.41, 5.74) is 10.1. The van der Waals surface area contributed by atoms with Crippen LogP contribution in [0.3, 0.4) is 0 Å². The maximum absolute atomic E-state index is 2.57. The summed E-state index contributed by atoms with van der Waals surface area (Å²) < 4.78 is 0. The summed E-state index contributed by atoms with van der Waals surface area (Å²) in [6, 6.07) is 77.4. The second-order valence-electron chi connectivity index (χ2n) is 16.6. The van der Waals surface area contributed by atoms with Gasteiger partial charge in [-0.1, -0.05) is 182 Å². The van der Waals surface area contributed by atoms with E-state index in [4.69, 9.17) is 0 Å². The predicted molar refractivity (Wildman–Crippen MR) is 259 cm³/mol. The number of fused-ring (bicyclic) bond motifs is 8. The molecular formula is C60H34. The molecule has 0 nitrogen and oxygen atoms in total. The Hall–Kier alpha value is -7.80. The summed E-state index contributed by atoms with van der Waals surface area (Å²) in [5.74, 6) is 0. The molecule has 0 N–H and O–H groups in total. The lowest BCUT2D eigenvalue weighted by atomic mass is 9.83. The number of hydrogen-bond donors (Lipinski definition) is 0. The van der Waals surface area contributed by atoms with Crippen molar-refractivity contribution >= 4 is 97.0 Å². The quantitative estimate of drug-likeness (QED) is 0.157. The maximum Gasteiger partial charge on any atom is -0.000718 e. The second kappa shape index (κ2) is 11.9. The molecule has 0 aliphatic rings. The van der Waals surface area contributed by atoms with Crippen LogP contribution in [-0.2, 0) is 0 Å². The zero-order valence-corrected chi connectivity index (χ0v) is 32.6. The highest BCUT2D eigenvalue weighted by Gasteiger charge is 2.28. The Morgan fingerprint density at radius 2 is 0.683 bits per heavy atom. The first kappa shape index (κ1) is 32.2. The molecule has 0 aliphatic carbocycles. The van der Waals surface area contributed by atoms with Gasteiger partial charge in [-0.15, -0.1) is 0 Å². The third-order valence-electron chi connectivity index (χ3n) is 13.6. The molecule has 0 saturated heterocycles. The van der Waals surface area contributed by atoms with Gasteiger partial charge in [0, 0.05) is 0 Å². The monoisotopic (exact) mass is 754 g/mol. The molecule has 0 aliphatic heterocycles. The second-order valence-corrected chi connectivity index (χ2v) is 16.6. The van der Waals surface area contributed by atoms with Crippen LogP contribution in [0.5, 0.6) is 0 Å². The van der Waals surface area contributed by atoms with Crippen molar-refractivity contribution in [2.75, 3.05) is 0 Å². The fraction of sp³-hybridized carbons (Fsp3) is 0. The van der Waals surface area contributed by atoms with Crippen LogP contribution in [0.15, 0.2) is 206 Å². The standard InChI is InChI=1S/C60H34/c1-5-15-35(16-6-1)45-32-47-42-25-14-26-43-56(42)49(48(47)33-46(45)36-17-7-2-8-18-36)34-51-53(37-19-9-3-10-20-37)60-50-31-41-24-13-23-39-27-28-40-29-30-44(58(50)54(40)52(39)41)59(60)55(57(43)51)38-21-11-4-12-22-38/h1-34H. The van der Waals surface area contributed by atoms with Gasteiger partial charge in [-0.25, -0.2) is 0 Å². The van der Waals surface area contributed by atoms with E-state index in [2.05, 4.69) is 206 Å². The van der Waals surface area contributed by atoms with E-state index in [0.29, 0.717) is 0 Å². The minimum absolute atomic E-state index is 1.23. The molecule has 0 heteroatoms. The molecule has 60 heavy (non-hydrogen) atoms. The summed E-state index contributed by atoms with van der Waals surface area (Å²) in [4.78, 5) is 0. The van der Waals surface area contributed by atoms with Gasteiger partial charge in [-0.05, 0) is 166 Å². The van der Waals surface area contributed by atoms with E-state index < -0.39 is 0 Å². The van der Waals surface area contributed by atoms with Crippen molar-refractivity contribution in [1.29, 1.82) is 0 Å². The molecule has 0 atom stereocenters. The molecule has 0 fully saturated rings. The molecule has 0 radical (unpaired) electrons. The predicted octanol–water partition coefficient (Wildman–Crippen LogP) is 17.0. The minimum atomic E-state index is 1.23. The summed E-state index contributed by atoms with van der Waals surface area (Å²) in [6.45, 7) is 0. The Balaban J connectivity index is 1.26. The largest absolute Gasteiger partial charge is 0.0622 e. The molecule has 14 rings (SSSR count). The van der Waals surface area contributed by atoms with Gasteiger partial charge in [0.25, 0.3) is 0 Å². The van der Waals surface area contributed by atoms with Crippen molar-refractivity contribution < 1.29 is 0 Å². The molecule has 0 heterocycles. The van der Waals surface area contributed by atoms with Crippen LogP contribution < -0.4 is 0 Å². The average molecular weight is 755 g/mol. The van der Waals surface area contributed by atoms with Crippen LogP contribution >= 0.6 is 0 Å². The minimum Gasteiger partial charge on any atom is -0.0622 e. The highest BCUT2D eigenvalue weighted by molar-refractivity contribution is 6.47. The Morgan fingerprint density at radius 3 is 1.35 bits per heavy atom. The van der Waals surface area contributed by atoms with Gasteiger partial charge in [-0.3, -0.25) is 0 Å². The van der Waals surface area contributed by atoms with Crippen molar-refractivity contribution in [1.82, 2.24) is 0 Å². The normalized spacial score (nSPS) is 12.3. The highest BCUT2D eigenvalue weighted by atomic mass is 14.3. The van der Waals surface area contributed by atoms with Crippen LogP contribution in [0.25, 0.3) is 141 Å². The van der Waals surface area contributed by atoms with E-state index in [-0.39, 0.29) is 0 Å². The molecule has 274 valence electrons. The first-order valence-corrected chi connectivity index (χ1v) is 21.0. The Labute approximate surface area is 346 Å². The third kappa shape index (κ3) is 4.19. The molecule has 0 aromatic heterocycles. The highest BCUT2D eigenvalue weighted by Crippen LogP contribution is 2.56. The van der Waals surface area contributed by atoms with Crippen LogP contribution in [0.1, 0.15) is 0 Å². The van der Waals surface area contributed by atoms with Gasteiger partial charge in [0.1, 0.15) is 0 Å². The molecule has 0 bridgehead atoms. The summed E-state index contributed by atoms with van der Waals surface area (Å²) in [6.07, 6.45) is 0. The van der Waals surface area contributed by atoms with Crippen molar-refractivity contribution in [3.63, 3.8) is 0 Å². The third-order valence-corrected chi connectivity index (χ3v) is 13.6. The lowest BCUT2D eigenvalue weighted by molar-refractivity contribution is 1.61. The van der Waals surface area contributed by atoms with Gasteiger partial charge in [0.05, 0.1) is 0 Å². The Bertz CT molecular complexity index is 4000. The fourth-order valence-electron chi connectivity index (χ4n) is 11.2. The lowest BCUT2D eigenvalue weighted by Crippen LogP contribution is -1.91. The van der Waals surface area contributed by atoms with Crippen molar-refractivity contribution in [2.45, 2.75) is 0 Å². The number of hydrogen-bond acceptors (Lipinski definition) is 0. The SMILES string of the molecule is c1ccc(-c2cc3c(cc2-c2ccccc2)c2cc4c(-c5ccccc5)c5c6cc7cccc8ccc9ccc(c5c(-c5ccccc5)c4c4cccc3c24)c6c9c87)cc1. The van der Waals surface area contributed by atoms with Crippen molar-refractivity contribution in [3.05, 3.63) is 206 Å². The summed E-state index contributed by atoms with van der Waals surface area (Å²) in [7, 11) is 0. The number of benzene rings is 12. The first-order valence-electron chi connectivity index (χ1n) is 21.0. The van der Waals surface area contributed by atoms with Gasteiger partial charge >= 0.3 is 0 Å². The summed E-state index contributed by atoms with van der Waals surface area (Å²) >= 11 is 0. The van der Waals surface area contributed by atoms with E-state index in [1.165, 1.54) is 141 Å². The fourth-order valence-corrected chi connectivity index (χ4v) is 11.2. The van der Waals surface area contributed by atoms with E-state index >= 15 is 0 Å². The zero-order chi connectivity index (χ0) is 39.1. The van der Waals surface area contributed by atoms with Crippen LogP contribution in [0.4, 0.5) is 0 Å². The van der Waals surface area contributed by atoms with Gasteiger partial charge in [0.2, 0.25) is 0 Å². The smallest absolute Gasteiger partial charge is 0.000718 e. The molecule has 14 aromatic rings. The van der Waals surface area contributed by atoms with E-state index in [1.807, 2.05) is 0 Å². The molecule has 0 amide bonds. The molecule has 0 spiro atoms. The first-order chi connectivity index (χ1) is 29.8. The Kier molecular flexibility index (Phi) is 6.38. The van der Waals surface area contributed by atoms with Crippen molar-refractivity contribution in [2.24, 2.45) is 0 Å². The number of rotatable bonds is 4. The van der Waals surface area contributed by atoms with Crippen LogP contribution in [-0.4, -0.2) is 0 Å². The molecule has 0 unspecified atom stereocenters. The van der Waals surface area contributed by atoms with Crippen LogP contribution in [0, 0.1) is 0 Å². The Morgan fingerprint density at radius 1 is 0.183 bits per heavy atom. The molecular weight excluding hydrogens is 721 g/mol. The molecule has 14 aromatic carbocycles. The topological polar surface area (TPSA) is 0 Å². The van der Waals surface area contributed by atoms with E-state index in [1.54, 1.807) is 0 Å². The van der Waals surface area contributed by atoms with Crippen LogP contribution in [0.2, 0.25) is 0 Å². The maximum atomic E-state index is 2.57. The average Bonchev–Trinajstić information content (AvgIpc) is 3.81. The molecule has 0 saturated carbocycles. The van der Waals surface area contributed by atoms with Gasteiger partial charge in [0.15, 0.2) is 0 Å².